The molecule has 10 nitrogen and oxygen atoms in total. The summed E-state index contributed by atoms with van der Waals surface area (Å²) in [5.74, 6) is 2.86. The number of ether oxygens (including phenoxy) is 8. The van der Waals surface area contributed by atoms with Gasteiger partial charge in [-0.05, 0) is 23.3 Å². The van der Waals surface area contributed by atoms with Crippen molar-refractivity contribution in [1.29, 1.82) is 0 Å². The second kappa shape index (κ2) is 11.6. The average molecular weight is 515 g/mol. The third-order valence-corrected chi connectivity index (χ3v) is 6.72. The van der Waals surface area contributed by atoms with Crippen molar-refractivity contribution in [2.45, 2.75) is 13.1 Å². The van der Waals surface area contributed by atoms with E-state index in [-0.39, 0.29) is 0 Å². The Balaban J connectivity index is 1.38. The van der Waals surface area contributed by atoms with Crippen LogP contribution in [0.5, 0.6) is 23.0 Å². The lowest BCUT2D eigenvalue weighted by atomic mass is 10.0. The zero-order valence-corrected chi connectivity index (χ0v) is 21.1. The van der Waals surface area contributed by atoms with Crippen molar-refractivity contribution in [2.24, 2.45) is 0 Å². The predicted molar refractivity (Wildman–Crippen MR) is 135 cm³/mol. The highest BCUT2D eigenvalue weighted by Gasteiger charge is 2.32. The van der Waals surface area contributed by atoms with E-state index < -0.39 is 0 Å². The zero-order valence-electron chi connectivity index (χ0n) is 21.1. The molecule has 10 heteroatoms. The van der Waals surface area contributed by atoms with Crippen LogP contribution in [0.15, 0.2) is 24.3 Å². The van der Waals surface area contributed by atoms with Gasteiger partial charge in [0.15, 0.2) is 23.0 Å². The number of hydrogen-bond donors (Lipinski definition) is 0. The third kappa shape index (κ3) is 5.67. The van der Waals surface area contributed by atoms with Crippen molar-refractivity contribution < 1.29 is 37.9 Å². The lowest BCUT2D eigenvalue weighted by Gasteiger charge is -2.45. The monoisotopic (exact) mass is 514 g/mol. The summed E-state index contributed by atoms with van der Waals surface area (Å²) in [6.45, 7) is 7.82. The molecule has 0 radical (unpaired) electrons. The SMILES string of the molecule is c1c2c3cc4c1OCCOCCOCCOc1cc5c(cc1OCCOCCOCCO4)CN3CN5C2. The summed E-state index contributed by atoms with van der Waals surface area (Å²) in [6.07, 6.45) is 0. The van der Waals surface area contributed by atoms with Gasteiger partial charge in [-0.3, -0.25) is 0 Å². The first-order valence-corrected chi connectivity index (χ1v) is 13.0. The molecule has 200 valence electrons. The molecule has 0 spiro atoms. The van der Waals surface area contributed by atoms with Gasteiger partial charge in [0.05, 0.1) is 59.5 Å². The summed E-state index contributed by atoms with van der Waals surface area (Å²) in [7, 11) is 0. The molecule has 0 N–H and O–H groups in total. The minimum absolute atomic E-state index is 0.424. The van der Waals surface area contributed by atoms with Crippen LogP contribution >= 0.6 is 0 Å². The van der Waals surface area contributed by atoms with Crippen molar-refractivity contribution in [3.05, 3.63) is 35.4 Å². The Bertz CT molecular complexity index is 997. The lowest BCUT2D eigenvalue weighted by molar-refractivity contribution is 0.0223. The molecule has 6 rings (SSSR count). The number of nitrogens with zero attached hydrogens (tertiary/aromatic N) is 2. The van der Waals surface area contributed by atoms with Crippen molar-refractivity contribution in [2.75, 3.05) is 95.8 Å². The molecule has 2 aromatic rings. The van der Waals surface area contributed by atoms with E-state index in [9.17, 15) is 0 Å². The highest BCUT2D eigenvalue weighted by molar-refractivity contribution is 5.72. The Morgan fingerprint density at radius 1 is 0.405 bits per heavy atom. The number of fused-ring (bicyclic) bond motifs is 6. The Labute approximate surface area is 216 Å². The van der Waals surface area contributed by atoms with E-state index in [4.69, 9.17) is 37.9 Å². The first kappa shape index (κ1) is 24.4. The van der Waals surface area contributed by atoms with Gasteiger partial charge in [0.2, 0.25) is 0 Å². The molecule has 0 saturated heterocycles. The standard InChI is InChI=1S/C27H34N2O8/c1-3-32-7-11-36-27-16-23-21-14-25(27)35-10-6-31-2-4-33-8-12-37-26-15-22-20(13-24(26)34-9-5-30-1)17-28(23)19-29(22)18-21/h13-16H,1-12,17-19H2. The smallest absolute Gasteiger partial charge is 0.163 e. The highest BCUT2D eigenvalue weighted by Crippen LogP contribution is 2.45. The van der Waals surface area contributed by atoms with E-state index in [1.807, 2.05) is 0 Å². The van der Waals surface area contributed by atoms with Crippen LogP contribution in [0.4, 0.5) is 11.4 Å². The molecule has 0 aromatic heterocycles. The summed E-state index contributed by atoms with van der Waals surface area (Å²) in [4.78, 5) is 4.72. The van der Waals surface area contributed by atoms with Gasteiger partial charge in [0.25, 0.3) is 0 Å². The van der Waals surface area contributed by atoms with Gasteiger partial charge >= 0.3 is 0 Å². The van der Waals surface area contributed by atoms with E-state index >= 15 is 0 Å². The first-order valence-electron chi connectivity index (χ1n) is 13.0. The van der Waals surface area contributed by atoms with Crippen LogP contribution in [-0.4, -0.2) is 86.0 Å². The quantitative estimate of drug-likeness (QED) is 0.523. The van der Waals surface area contributed by atoms with Crippen molar-refractivity contribution >= 4 is 11.4 Å². The van der Waals surface area contributed by atoms with E-state index in [0.29, 0.717) is 102 Å². The van der Waals surface area contributed by atoms with Crippen molar-refractivity contribution in [3.8, 4) is 23.0 Å². The van der Waals surface area contributed by atoms with Gasteiger partial charge in [0.1, 0.15) is 26.4 Å². The fraction of sp³-hybridized carbons (Fsp3) is 0.556. The largest absolute Gasteiger partial charge is 0.487 e. The Kier molecular flexibility index (Phi) is 7.68. The minimum Gasteiger partial charge on any atom is -0.487 e. The predicted octanol–water partition coefficient (Wildman–Crippen LogP) is 2.59. The fourth-order valence-corrected chi connectivity index (χ4v) is 5.00. The van der Waals surface area contributed by atoms with Gasteiger partial charge in [0, 0.05) is 36.6 Å². The third-order valence-electron chi connectivity index (χ3n) is 6.72. The summed E-state index contributed by atoms with van der Waals surface area (Å²) in [5.41, 5.74) is 4.70. The van der Waals surface area contributed by atoms with Crippen LogP contribution < -0.4 is 28.7 Å². The molecule has 4 aliphatic heterocycles. The number of hydrogen-bond acceptors (Lipinski definition) is 10. The molecular formula is C27H34N2O8. The van der Waals surface area contributed by atoms with Crippen LogP contribution in [0.1, 0.15) is 11.1 Å². The topological polar surface area (TPSA) is 80.3 Å². The van der Waals surface area contributed by atoms with Crippen LogP contribution in [0.25, 0.3) is 0 Å². The van der Waals surface area contributed by atoms with E-state index in [1.165, 1.54) is 11.1 Å². The molecule has 4 heterocycles. The summed E-state index contributed by atoms with van der Waals surface area (Å²) < 4.78 is 47.3. The summed E-state index contributed by atoms with van der Waals surface area (Å²) >= 11 is 0. The van der Waals surface area contributed by atoms with Crippen LogP contribution in [-0.2, 0) is 32.0 Å². The maximum atomic E-state index is 6.15. The van der Waals surface area contributed by atoms with Gasteiger partial charge in [-0.2, -0.15) is 0 Å². The number of benzene rings is 2. The minimum atomic E-state index is 0.424. The molecule has 0 amide bonds. The van der Waals surface area contributed by atoms with Crippen LogP contribution in [0.3, 0.4) is 0 Å². The van der Waals surface area contributed by atoms with Crippen LogP contribution in [0, 0.1) is 0 Å². The highest BCUT2D eigenvalue weighted by atomic mass is 16.6. The van der Waals surface area contributed by atoms with Crippen molar-refractivity contribution in [1.82, 2.24) is 0 Å². The zero-order chi connectivity index (χ0) is 24.9. The normalized spacial score (nSPS) is 20.8. The molecule has 0 saturated carbocycles. The van der Waals surface area contributed by atoms with Crippen molar-refractivity contribution in [3.63, 3.8) is 0 Å². The molecule has 0 unspecified atom stereocenters. The van der Waals surface area contributed by atoms with Crippen LogP contribution in [0.2, 0.25) is 0 Å². The lowest BCUT2D eigenvalue weighted by Crippen LogP contribution is -2.46. The second-order valence-corrected chi connectivity index (χ2v) is 9.24. The molecule has 2 aromatic carbocycles. The van der Waals surface area contributed by atoms with Gasteiger partial charge < -0.3 is 47.7 Å². The molecule has 4 aliphatic rings. The molecule has 37 heavy (non-hydrogen) atoms. The molecule has 0 aliphatic carbocycles. The fourth-order valence-electron chi connectivity index (χ4n) is 5.00. The summed E-state index contributed by atoms with van der Waals surface area (Å²) in [5, 5.41) is 0. The molecule has 0 fully saturated rings. The van der Waals surface area contributed by atoms with E-state index in [1.54, 1.807) is 0 Å². The van der Waals surface area contributed by atoms with Gasteiger partial charge in [-0.25, -0.2) is 0 Å². The Morgan fingerprint density at radius 3 is 1.11 bits per heavy atom. The first-order chi connectivity index (χ1) is 18.3. The Morgan fingerprint density at radius 2 is 0.730 bits per heavy atom. The molecule has 10 bridgehead atoms. The molecular weight excluding hydrogens is 480 g/mol. The Hall–Kier alpha value is -2.92. The van der Waals surface area contributed by atoms with Gasteiger partial charge in [-0.15, -0.1) is 0 Å². The summed E-state index contributed by atoms with van der Waals surface area (Å²) in [6, 6.07) is 8.40. The average Bonchev–Trinajstić information content (AvgIpc) is 2.90. The maximum Gasteiger partial charge on any atom is 0.163 e. The number of anilines is 2. The van der Waals surface area contributed by atoms with Gasteiger partial charge in [-0.1, -0.05) is 0 Å². The molecule has 0 atom stereocenters. The second-order valence-electron chi connectivity index (χ2n) is 9.24. The van der Waals surface area contributed by atoms with E-state index in [0.717, 1.165) is 31.1 Å². The number of rotatable bonds is 0. The maximum absolute atomic E-state index is 6.15. The van der Waals surface area contributed by atoms with E-state index in [2.05, 4.69) is 34.1 Å².